The lowest BCUT2D eigenvalue weighted by atomic mass is 9.96. The second-order valence-corrected chi connectivity index (χ2v) is 5.69. The summed E-state index contributed by atoms with van der Waals surface area (Å²) in [5, 5.41) is 8.91. The van der Waals surface area contributed by atoms with E-state index in [-0.39, 0.29) is 18.4 Å². The average molecular weight is 253 g/mol. The molecule has 1 atom stereocenters. The molecule has 1 N–H and O–H groups in total. The molecule has 0 aromatic carbocycles. The van der Waals surface area contributed by atoms with Crippen LogP contribution in [-0.4, -0.2) is 34.5 Å². The molecule has 0 spiro atoms. The van der Waals surface area contributed by atoms with Crippen molar-refractivity contribution in [1.82, 2.24) is 4.90 Å². The Morgan fingerprint density at radius 1 is 1.00 bits per heavy atom. The average Bonchev–Trinajstić information content (AvgIpc) is 2.81. The van der Waals surface area contributed by atoms with E-state index in [0.717, 1.165) is 25.8 Å². The van der Waals surface area contributed by atoms with Crippen LogP contribution in [0.15, 0.2) is 0 Å². The Morgan fingerprint density at radius 2 is 1.67 bits per heavy atom. The van der Waals surface area contributed by atoms with Gasteiger partial charge in [-0.2, -0.15) is 0 Å². The number of carboxylic acid groups (broad SMARTS) is 1. The zero-order valence-corrected chi connectivity index (χ0v) is 10.9. The van der Waals surface area contributed by atoms with E-state index >= 15 is 0 Å². The highest BCUT2D eigenvalue weighted by Gasteiger charge is 2.30. The molecule has 1 saturated carbocycles. The fourth-order valence-corrected chi connectivity index (χ4v) is 3.32. The molecule has 0 bridgehead atoms. The Morgan fingerprint density at radius 3 is 2.33 bits per heavy atom. The van der Waals surface area contributed by atoms with E-state index in [9.17, 15) is 9.59 Å². The molecule has 1 saturated heterocycles. The van der Waals surface area contributed by atoms with E-state index in [1.54, 1.807) is 0 Å². The lowest BCUT2D eigenvalue weighted by Gasteiger charge is -2.35. The van der Waals surface area contributed by atoms with Gasteiger partial charge in [0.2, 0.25) is 5.91 Å². The first-order valence-electron chi connectivity index (χ1n) is 7.18. The predicted molar refractivity (Wildman–Crippen MR) is 68.2 cm³/mol. The topological polar surface area (TPSA) is 57.6 Å². The zero-order chi connectivity index (χ0) is 13.0. The number of rotatable bonds is 4. The minimum atomic E-state index is -0.791. The summed E-state index contributed by atoms with van der Waals surface area (Å²) in [6, 6.07) is -0.0647. The lowest BCUT2D eigenvalue weighted by Crippen LogP contribution is -2.45. The van der Waals surface area contributed by atoms with E-state index in [1.165, 1.54) is 25.7 Å². The Balaban J connectivity index is 1.90. The summed E-state index contributed by atoms with van der Waals surface area (Å²) >= 11 is 0. The van der Waals surface area contributed by atoms with Crippen LogP contribution in [0.4, 0.5) is 0 Å². The normalized spacial score (nSPS) is 25.3. The van der Waals surface area contributed by atoms with Crippen LogP contribution in [0, 0.1) is 5.92 Å². The Bertz CT molecular complexity index is 310. The largest absolute Gasteiger partial charge is 0.481 e. The van der Waals surface area contributed by atoms with E-state index in [1.807, 2.05) is 4.90 Å². The first-order valence-corrected chi connectivity index (χ1v) is 7.18. The molecule has 1 heterocycles. The first-order chi connectivity index (χ1) is 8.66. The van der Waals surface area contributed by atoms with Gasteiger partial charge in [0.05, 0.1) is 6.42 Å². The molecule has 18 heavy (non-hydrogen) atoms. The summed E-state index contributed by atoms with van der Waals surface area (Å²) in [6.45, 7) is 0.753. The van der Waals surface area contributed by atoms with Gasteiger partial charge >= 0.3 is 5.97 Å². The van der Waals surface area contributed by atoms with Crippen LogP contribution in [-0.2, 0) is 9.59 Å². The quantitative estimate of drug-likeness (QED) is 0.837. The third-order valence-corrected chi connectivity index (χ3v) is 4.30. The van der Waals surface area contributed by atoms with Crippen LogP contribution in [0.2, 0.25) is 0 Å². The predicted octanol–water partition coefficient (Wildman–Crippen LogP) is 2.42. The standard InChI is InChI=1S/C14H23NO3/c16-13(9-11-5-1-2-6-11)15-8-4-3-7-12(15)10-14(17)18/h11-12H,1-10H2,(H,17,18). The Hall–Kier alpha value is -1.06. The van der Waals surface area contributed by atoms with Gasteiger partial charge in [-0.25, -0.2) is 0 Å². The van der Waals surface area contributed by atoms with Gasteiger partial charge in [-0.05, 0) is 38.0 Å². The number of likely N-dealkylation sites (tertiary alicyclic amines) is 1. The zero-order valence-electron chi connectivity index (χ0n) is 10.9. The van der Waals surface area contributed by atoms with Crippen molar-refractivity contribution in [3.63, 3.8) is 0 Å². The number of carbonyl (C=O) groups excluding carboxylic acids is 1. The van der Waals surface area contributed by atoms with Gasteiger partial charge in [0.15, 0.2) is 0 Å². The number of piperidine rings is 1. The lowest BCUT2D eigenvalue weighted by molar-refractivity contribution is -0.142. The molecule has 2 aliphatic rings. The number of aliphatic carboxylic acids is 1. The Kier molecular flexibility index (Phi) is 4.61. The van der Waals surface area contributed by atoms with E-state index in [0.29, 0.717) is 12.3 Å². The van der Waals surface area contributed by atoms with Crippen molar-refractivity contribution in [2.75, 3.05) is 6.54 Å². The van der Waals surface area contributed by atoms with Crippen molar-refractivity contribution in [1.29, 1.82) is 0 Å². The molecule has 2 fully saturated rings. The molecule has 1 unspecified atom stereocenters. The maximum absolute atomic E-state index is 12.3. The summed E-state index contributed by atoms with van der Waals surface area (Å²) in [6.07, 6.45) is 8.49. The molecule has 4 nitrogen and oxygen atoms in total. The van der Waals surface area contributed by atoms with E-state index in [4.69, 9.17) is 5.11 Å². The van der Waals surface area contributed by atoms with Gasteiger partial charge < -0.3 is 10.0 Å². The van der Waals surface area contributed by atoms with Crippen LogP contribution in [0.5, 0.6) is 0 Å². The highest BCUT2D eigenvalue weighted by Crippen LogP contribution is 2.29. The van der Waals surface area contributed by atoms with Crippen LogP contribution < -0.4 is 0 Å². The molecule has 0 radical (unpaired) electrons. The third-order valence-electron chi connectivity index (χ3n) is 4.30. The molecule has 1 aliphatic carbocycles. The molecule has 2 rings (SSSR count). The van der Waals surface area contributed by atoms with Gasteiger partial charge in [0.25, 0.3) is 0 Å². The van der Waals surface area contributed by atoms with E-state index < -0.39 is 5.97 Å². The maximum atomic E-state index is 12.3. The van der Waals surface area contributed by atoms with Gasteiger partial charge in [-0.15, -0.1) is 0 Å². The SMILES string of the molecule is O=C(O)CC1CCCCN1C(=O)CC1CCCC1. The van der Waals surface area contributed by atoms with E-state index in [2.05, 4.69) is 0 Å². The fraction of sp³-hybridized carbons (Fsp3) is 0.857. The minimum Gasteiger partial charge on any atom is -0.481 e. The second kappa shape index (κ2) is 6.21. The summed E-state index contributed by atoms with van der Waals surface area (Å²) in [5.74, 6) is -0.0571. The molecule has 0 aromatic rings. The molecular weight excluding hydrogens is 230 g/mol. The number of amides is 1. The third kappa shape index (κ3) is 3.47. The number of nitrogens with zero attached hydrogens (tertiary/aromatic N) is 1. The molecule has 102 valence electrons. The van der Waals surface area contributed by atoms with Crippen LogP contribution in [0.3, 0.4) is 0 Å². The summed E-state index contributed by atoms with van der Waals surface area (Å²) in [5.41, 5.74) is 0. The number of carboxylic acids is 1. The van der Waals surface area contributed by atoms with Crippen molar-refractivity contribution in [2.45, 2.75) is 63.8 Å². The number of carbonyl (C=O) groups is 2. The van der Waals surface area contributed by atoms with Gasteiger partial charge in [0, 0.05) is 19.0 Å². The van der Waals surface area contributed by atoms with Crippen LogP contribution >= 0.6 is 0 Å². The van der Waals surface area contributed by atoms with Crippen molar-refractivity contribution in [3.05, 3.63) is 0 Å². The first kappa shape index (κ1) is 13.4. The molecule has 0 aromatic heterocycles. The highest BCUT2D eigenvalue weighted by atomic mass is 16.4. The molecule has 1 aliphatic heterocycles. The monoisotopic (exact) mass is 253 g/mol. The van der Waals surface area contributed by atoms with Crippen molar-refractivity contribution < 1.29 is 14.7 Å². The van der Waals surface area contributed by atoms with Gasteiger partial charge in [0.1, 0.15) is 0 Å². The molecule has 4 heteroatoms. The molecule has 1 amide bonds. The summed E-state index contributed by atoms with van der Waals surface area (Å²) in [4.78, 5) is 25.0. The minimum absolute atomic E-state index is 0.0647. The van der Waals surface area contributed by atoms with Gasteiger partial charge in [-0.1, -0.05) is 12.8 Å². The maximum Gasteiger partial charge on any atom is 0.305 e. The number of hydrogen-bond donors (Lipinski definition) is 1. The molecular formula is C14H23NO3. The number of hydrogen-bond acceptors (Lipinski definition) is 2. The smallest absolute Gasteiger partial charge is 0.305 e. The van der Waals surface area contributed by atoms with Gasteiger partial charge in [-0.3, -0.25) is 9.59 Å². The summed E-state index contributed by atoms with van der Waals surface area (Å²) < 4.78 is 0. The van der Waals surface area contributed by atoms with Crippen molar-refractivity contribution in [3.8, 4) is 0 Å². The van der Waals surface area contributed by atoms with Crippen molar-refractivity contribution in [2.24, 2.45) is 5.92 Å². The van der Waals surface area contributed by atoms with Crippen LogP contribution in [0.1, 0.15) is 57.8 Å². The fourth-order valence-electron chi connectivity index (χ4n) is 3.32. The second-order valence-electron chi connectivity index (χ2n) is 5.69. The van der Waals surface area contributed by atoms with Crippen LogP contribution in [0.25, 0.3) is 0 Å². The summed E-state index contributed by atoms with van der Waals surface area (Å²) in [7, 11) is 0. The Labute approximate surface area is 108 Å². The van der Waals surface area contributed by atoms with Crippen molar-refractivity contribution >= 4 is 11.9 Å². The highest BCUT2D eigenvalue weighted by molar-refractivity contribution is 5.78.